The molecule has 1 aliphatic heterocycles. The molecule has 0 spiro atoms. The van der Waals surface area contributed by atoms with Gasteiger partial charge in [-0.2, -0.15) is 5.10 Å². The van der Waals surface area contributed by atoms with Crippen molar-refractivity contribution in [1.29, 1.82) is 0 Å². The zero-order chi connectivity index (χ0) is 24.1. The molecule has 0 atom stereocenters. The van der Waals surface area contributed by atoms with Gasteiger partial charge in [-0.1, -0.05) is 6.07 Å². The van der Waals surface area contributed by atoms with E-state index in [9.17, 15) is 4.79 Å². The number of hydrogen-bond acceptors (Lipinski definition) is 7. The van der Waals surface area contributed by atoms with Crippen LogP contribution >= 0.6 is 0 Å². The maximum Gasteiger partial charge on any atom is 0.274 e. The van der Waals surface area contributed by atoms with Gasteiger partial charge in [0.1, 0.15) is 16.6 Å². The molecule has 0 radical (unpaired) electrons. The molecule has 4 aromatic heterocycles. The van der Waals surface area contributed by atoms with Crippen LogP contribution < -0.4 is 15.8 Å². The number of anilines is 2. The summed E-state index contributed by atoms with van der Waals surface area (Å²) in [5.74, 6) is 0.366. The van der Waals surface area contributed by atoms with Gasteiger partial charge in [0, 0.05) is 62.5 Å². The van der Waals surface area contributed by atoms with Crippen LogP contribution in [0.5, 0.6) is 0 Å². The standard InChI is InChI=1S/C25H25FN8O/c1-15-12-30-34-19-4-3-17(20(26)22(19)31-25(35)23(15)34)14-32-7-9-33(10-8-32)18-11-16-5-6-28-24(27-2)21(16)29-13-18/h3-6,11-13H,7-10,14H2,1-2H3,(H,27,28)(H,31,35). The quantitative estimate of drug-likeness (QED) is 0.415. The Morgan fingerprint density at radius 1 is 1.11 bits per heavy atom. The number of aryl methyl sites for hydroxylation is 1. The summed E-state index contributed by atoms with van der Waals surface area (Å²) in [6.45, 7) is 5.51. The Bertz CT molecular complexity index is 1630. The molecule has 1 saturated heterocycles. The van der Waals surface area contributed by atoms with E-state index in [2.05, 4.69) is 41.2 Å². The summed E-state index contributed by atoms with van der Waals surface area (Å²) >= 11 is 0. The Labute approximate surface area is 200 Å². The monoisotopic (exact) mass is 472 g/mol. The fourth-order valence-corrected chi connectivity index (χ4v) is 4.90. The molecule has 1 aliphatic rings. The second kappa shape index (κ2) is 8.31. The predicted octanol–water partition coefficient (Wildman–Crippen LogP) is 2.93. The van der Waals surface area contributed by atoms with Crippen LogP contribution in [-0.2, 0) is 6.54 Å². The van der Waals surface area contributed by atoms with E-state index in [-0.39, 0.29) is 11.1 Å². The van der Waals surface area contributed by atoms with E-state index >= 15 is 4.39 Å². The molecule has 178 valence electrons. The van der Waals surface area contributed by atoms with Crippen molar-refractivity contribution in [3.8, 4) is 0 Å². The minimum absolute atomic E-state index is 0.194. The van der Waals surface area contributed by atoms with E-state index in [4.69, 9.17) is 0 Å². The van der Waals surface area contributed by atoms with Crippen molar-refractivity contribution in [3.63, 3.8) is 0 Å². The first-order chi connectivity index (χ1) is 17.0. The fourth-order valence-electron chi connectivity index (χ4n) is 4.90. The summed E-state index contributed by atoms with van der Waals surface area (Å²) in [5.41, 5.74) is 4.10. The zero-order valence-corrected chi connectivity index (χ0v) is 19.5. The lowest BCUT2D eigenvalue weighted by molar-refractivity contribution is 0.247. The lowest BCUT2D eigenvalue weighted by Gasteiger charge is -2.36. The van der Waals surface area contributed by atoms with Gasteiger partial charge in [-0.15, -0.1) is 0 Å². The van der Waals surface area contributed by atoms with Gasteiger partial charge in [-0.3, -0.25) is 14.7 Å². The first kappa shape index (κ1) is 21.5. The highest BCUT2D eigenvalue weighted by Crippen LogP contribution is 2.25. The highest BCUT2D eigenvalue weighted by atomic mass is 19.1. The SMILES string of the molecule is CNc1nccc2cc(N3CCN(Cc4ccc5c([nH]c(=O)c6c(C)cnn65)c4F)CC3)cnc12. The largest absolute Gasteiger partial charge is 0.371 e. The van der Waals surface area contributed by atoms with Crippen molar-refractivity contribution in [2.24, 2.45) is 0 Å². The van der Waals surface area contributed by atoms with Gasteiger partial charge in [0.05, 0.1) is 23.6 Å². The third-order valence-electron chi connectivity index (χ3n) is 6.79. The lowest BCUT2D eigenvalue weighted by Crippen LogP contribution is -2.46. The summed E-state index contributed by atoms with van der Waals surface area (Å²) < 4.78 is 16.9. The van der Waals surface area contributed by atoms with Crippen LogP contribution in [0.25, 0.3) is 27.5 Å². The van der Waals surface area contributed by atoms with E-state index in [1.807, 2.05) is 32.3 Å². The Hall–Kier alpha value is -4.05. The number of nitrogens with one attached hydrogen (secondary N) is 2. The Morgan fingerprint density at radius 3 is 2.74 bits per heavy atom. The van der Waals surface area contributed by atoms with Crippen molar-refractivity contribution in [2.45, 2.75) is 13.5 Å². The van der Waals surface area contributed by atoms with E-state index < -0.39 is 5.82 Å². The van der Waals surface area contributed by atoms with Crippen molar-refractivity contribution in [3.05, 3.63) is 70.2 Å². The fraction of sp³-hybridized carbons (Fsp3) is 0.280. The molecule has 1 aromatic carbocycles. The van der Waals surface area contributed by atoms with Gasteiger partial charge in [-0.25, -0.2) is 13.9 Å². The molecule has 0 bridgehead atoms. The van der Waals surface area contributed by atoms with Gasteiger partial charge in [0.2, 0.25) is 0 Å². The third kappa shape index (κ3) is 3.57. The molecule has 0 amide bonds. The van der Waals surface area contributed by atoms with E-state index in [0.717, 1.165) is 54.2 Å². The van der Waals surface area contributed by atoms with Crippen LogP contribution in [0.4, 0.5) is 15.9 Å². The number of aromatic amines is 1. The number of H-pyrrole nitrogens is 1. The summed E-state index contributed by atoms with van der Waals surface area (Å²) in [6, 6.07) is 7.72. The normalized spacial score (nSPS) is 14.9. The van der Waals surface area contributed by atoms with E-state index in [1.54, 1.807) is 18.5 Å². The van der Waals surface area contributed by atoms with Crippen molar-refractivity contribution in [1.82, 2.24) is 29.5 Å². The smallest absolute Gasteiger partial charge is 0.274 e. The number of pyridine rings is 2. The second-order valence-corrected chi connectivity index (χ2v) is 8.91. The summed E-state index contributed by atoms with van der Waals surface area (Å²) in [4.78, 5) is 28.7. The number of piperazine rings is 1. The molecule has 9 nitrogen and oxygen atoms in total. The molecular formula is C25H25FN8O. The molecule has 5 aromatic rings. The first-order valence-corrected chi connectivity index (χ1v) is 11.6. The lowest BCUT2D eigenvalue weighted by atomic mass is 10.1. The zero-order valence-electron chi connectivity index (χ0n) is 19.5. The molecule has 35 heavy (non-hydrogen) atoms. The molecule has 6 rings (SSSR count). The van der Waals surface area contributed by atoms with E-state index in [0.29, 0.717) is 23.1 Å². The van der Waals surface area contributed by atoms with Crippen LogP contribution in [0.2, 0.25) is 0 Å². The Kier molecular flexibility index (Phi) is 5.10. The maximum absolute atomic E-state index is 15.4. The highest BCUT2D eigenvalue weighted by Gasteiger charge is 2.21. The molecule has 5 heterocycles. The molecule has 0 aliphatic carbocycles. The highest BCUT2D eigenvalue weighted by molar-refractivity contribution is 5.89. The summed E-state index contributed by atoms with van der Waals surface area (Å²) in [7, 11) is 1.84. The van der Waals surface area contributed by atoms with Crippen LogP contribution in [-0.4, -0.2) is 62.7 Å². The van der Waals surface area contributed by atoms with Gasteiger partial charge < -0.3 is 15.2 Å². The summed E-state index contributed by atoms with van der Waals surface area (Å²) in [5, 5.41) is 8.38. The van der Waals surface area contributed by atoms with Crippen LogP contribution in [0.15, 0.2) is 47.7 Å². The number of fused-ring (bicyclic) bond motifs is 4. The van der Waals surface area contributed by atoms with Gasteiger partial charge in [0.15, 0.2) is 11.6 Å². The van der Waals surface area contributed by atoms with Gasteiger partial charge >= 0.3 is 0 Å². The molecule has 1 fully saturated rings. The third-order valence-corrected chi connectivity index (χ3v) is 6.79. The minimum Gasteiger partial charge on any atom is -0.371 e. The molecule has 0 unspecified atom stereocenters. The average Bonchev–Trinajstić information content (AvgIpc) is 3.28. The number of aromatic nitrogens is 5. The Morgan fingerprint density at radius 2 is 1.94 bits per heavy atom. The van der Waals surface area contributed by atoms with Crippen molar-refractivity contribution in [2.75, 3.05) is 43.4 Å². The number of nitrogens with zero attached hydrogens (tertiary/aromatic N) is 6. The minimum atomic E-state index is -0.398. The van der Waals surface area contributed by atoms with Crippen LogP contribution in [0.1, 0.15) is 11.1 Å². The van der Waals surface area contributed by atoms with Crippen molar-refractivity contribution >= 4 is 39.0 Å². The Balaban J connectivity index is 1.20. The molecule has 0 saturated carbocycles. The van der Waals surface area contributed by atoms with Gasteiger partial charge in [0.25, 0.3) is 5.56 Å². The van der Waals surface area contributed by atoms with E-state index in [1.165, 1.54) is 4.52 Å². The number of halogens is 1. The molecule has 10 heteroatoms. The molecule has 2 N–H and O–H groups in total. The number of hydrogen-bond donors (Lipinski definition) is 2. The summed E-state index contributed by atoms with van der Waals surface area (Å²) in [6.07, 6.45) is 5.29. The van der Waals surface area contributed by atoms with Crippen molar-refractivity contribution < 1.29 is 4.39 Å². The number of benzene rings is 1. The predicted molar refractivity (Wildman–Crippen MR) is 135 cm³/mol. The second-order valence-electron chi connectivity index (χ2n) is 8.91. The van der Waals surface area contributed by atoms with Crippen LogP contribution in [0.3, 0.4) is 0 Å². The number of rotatable bonds is 4. The maximum atomic E-state index is 15.4. The van der Waals surface area contributed by atoms with Gasteiger partial charge in [-0.05, 0) is 25.1 Å². The van der Waals surface area contributed by atoms with Crippen LogP contribution in [0, 0.1) is 12.7 Å². The molecular weight excluding hydrogens is 447 g/mol. The topological polar surface area (TPSA) is 94.5 Å². The first-order valence-electron chi connectivity index (χ1n) is 11.6. The average molecular weight is 473 g/mol.